The number of nitrogens with zero attached hydrogens (tertiary/aromatic N) is 1. The van der Waals surface area contributed by atoms with Crippen molar-refractivity contribution in [3.05, 3.63) is 39.9 Å². The first-order chi connectivity index (χ1) is 11.4. The first kappa shape index (κ1) is 19.1. The maximum atomic E-state index is 11.8. The molecule has 0 spiro atoms. The topological polar surface area (TPSA) is 125 Å². The average Bonchev–Trinajstić information content (AvgIpc) is 2.58. The van der Waals surface area contributed by atoms with Gasteiger partial charge in [-0.2, -0.15) is 0 Å². The van der Waals surface area contributed by atoms with Crippen LogP contribution in [0.3, 0.4) is 0 Å². The molecule has 0 bridgehead atoms. The van der Waals surface area contributed by atoms with E-state index in [1.54, 1.807) is 6.07 Å². The number of amides is 1. The van der Waals surface area contributed by atoms with Gasteiger partial charge in [-0.1, -0.05) is 18.2 Å². The van der Waals surface area contributed by atoms with Crippen molar-refractivity contribution in [2.75, 3.05) is 14.2 Å². The Hall–Kier alpha value is -2.97. The molecule has 0 saturated carbocycles. The van der Waals surface area contributed by atoms with E-state index in [4.69, 9.17) is 0 Å². The lowest BCUT2D eigenvalue weighted by Gasteiger charge is -2.16. The third kappa shape index (κ3) is 5.67. The van der Waals surface area contributed by atoms with Crippen LogP contribution in [0, 0.1) is 10.1 Å². The van der Waals surface area contributed by atoms with Crippen LogP contribution >= 0.6 is 0 Å². The summed E-state index contributed by atoms with van der Waals surface area (Å²) in [5.41, 5.74) is 0.126. The number of nitrogens with one attached hydrogen (secondary N) is 1. The van der Waals surface area contributed by atoms with Crippen molar-refractivity contribution < 1.29 is 28.8 Å². The van der Waals surface area contributed by atoms with Crippen LogP contribution in [-0.2, 0) is 30.3 Å². The van der Waals surface area contributed by atoms with Gasteiger partial charge in [0.1, 0.15) is 6.04 Å². The smallest absolute Gasteiger partial charge is 0.328 e. The second kappa shape index (κ2) is 9.23. The molecule has 0 saturated heterocycles. The number of methoxy groups -OCH3 is 2. The van der Waals surface area contributed by atoms with Crippen LogP contribution in [0.15, 0.2) is 24.3 Å². The van der Waals surface area contributed by atoms with Crippen LogP contribution < -0.4 is 5.32 Å². The van der Waals surface area contributed by atoms with E-state index >= 15 is 0 Å². The number of nitro groups is 1. The summed E-state index contributed by atoms with van der Waals surface area (Å²) in [6.45, 7) is 0. The SMILES string of the molecule is COC(=O)CCC(=O)N[C@@H](Cc1ccccc1[N+](=O)[O-])C(=O)OC. The number of rotatable bonds is 8. The third-order valence-corrected chi connectivity index (χ3v) is 3.22. The van der Waals surface area contributed by atoms with Crippen molar-refractivity contribution in [2.45, 2.75) is 25.3 Å². The zero-order valence-corrected chi connectivity index (χ0v) is 13.3. The quantitative estimate of drug-likeness (QED) is 0.421. The van der Waals surface area contributed by atoms with E-state index in [-0.39, 0.29) is 30.5 Å². The Balaban J connectivity index is 2.84. The van der Waals surface area contributed by atoms with Gasteiger partial charge >= 0.3 is 11.9 Å². The molecule has 9 heteroatoms. The molecule has 1 N–H and O–H groups in total. The second-order valence-corrected chi connectivity index (χ2v) is 4.81. The van der Waals surface area contributed by atoms with Crippen LogP contribution in [-0.4, -0.2) is 43.0 Å². The summed E-state index contributed by atoms with van der Waals surface area (Å²) in [4.78, 5) is 45.2. The first-order valence-corrected chi connectivity index (χ1v) is 7.05. The highest BCUT2D eigenvalue weighted by Crippen LogP contribution is 2.19. The minimum atomic E-state index is -1.10. The summed E-state index contributed by atoms with van der Waals surface area (Å²) in [7, 11) is 2.35. The summed E-state index contributed by atoms with van der Waals surface area (Å²) in [5, 5.41) is 13.4. The highest BCUT2D eigenvalue weighted by Gasteiger charge is 2.25. The minimum Gasteiger partial charge on any atom is -0.469 e. The Kier molecular flexibility index (Phi) is 7.34. The average molecular weight is 338 g/mol. The number of nitro benzene ring substituents is 1. The number of esters is 2. The Morgan fingerprint density at radius 1 is 1.17 bits per heavy atom. The molecule has 1 amide bonds. The van der Waals surface area contributed by atoms with Crippen molar-refractivity contribution in [1.82, 2.24) is 5.32 Å². The summed E-state index contributed by atoms with van der Waals surface area (Å²) in [6, 6.07) is 4.80. The number of carbonyl (C=O) groups excluding carboxylic acids is 3. The van der Waals surface area contributed by atoms with Crippen LogP contribution in [0.4, 0.5) is 5.69 Å². The van der Waals surface area contributed by atoms with E-state index in [1.807, 2.05) is 0 Å². The van der Waals surface area contributed by atoms with Crippen molar-refractivity contribution >= 4 is 23.5 Å². The van der Waals surface area contributed by atoms with Crippen molar-refractivity contribution in [3.63, 3.8) is 0 Å². The maximum Gasteiger partial charge on any atom is 0.328 e. The lowest BCUT2D eigenvalue weighted by atomic mass is 10.0. The zero-order chi connectivity index (χ0) is 18.1. The summed E-state index contributed by atoms with van der Waals surface area (Å²) >= 11 is 0. The van der Waals surface area contributed by atoms with Crippen LogP contribution in [0.5, 0.6) is 0 Å². The largest absolute Gasteiger partial charge is 0.469 e. The minimum absolute atomic E-state index is 0.103. The van der Waals surface area contributed by atoms with E-state index in [1.165, 1.54) is 25.3 Å². The lowest BCUT2D eigenvalue weighted by Crippen LogP contribution is -2.43. The van der Waals surface area contributed by atoms with Crippen LogP contribution in [0.1, 0.15) is 18.4 Å². The third-order valence-electron chi connectivity index (χ3n) is 3.22. The summed E-state index contributed by atoms with van der Waals surface area (Å²) < 4.78 is 9.04. The van der Waals surface area contributed by atoms with E-state index < -0.39 is 28.8 Å². The fourth-order valence-electron chi connectivity index (χ4n) is 2.00. The number of hydrogen-bond donors (Lipinski definition) is 1. The molecule has 1 rings (SSSR count). The molecule has 0 aliphatic rings. The van der Waals surface area contributed by atoms with Gasteiger partial charge in [0.2, 0.25) is 5.91 Å². The summed E-state index contributed by atoms with van der Waals surface area (Å²) in [5.74, 6) is -1.85. The van der Waals surface area contributed by atoms with E-state index in [0.29, 0.717) is 0 Å². The van der Waals surface area contributed by atoms with Gasteiger partial charge in [0.15, 0.2) is 0 Å². The van der Waals surface area contributed by atoms with Crippen molar-refractivity contribution in [3.8, 4) is 0 Å². The lowest BCUT2D eigenvalue weighted by molar-refractivity contribution is -0.385. The number of hydrogen-bond acceptors (Lipinski definition) is 7. The molecule has 1 aromatic carbocycles. The standard InChI is InChI=1S/C15H18N2O7/c1-23-14(19)8-7-13(18)16-11(15(20)24-2)9-10-5-3-4-6-12(10)17(21)22/h3-6,11H,7-9H2,1-2H3,(H,16,18)/t11-/m0/s1. The highest BCUT2D eigenvalue weighted by atomic mass is 16.6. The monoisotopic (exact) mass is 338 g/mol. The molecule has 0 aliphatic carbocycles. The molecule has 0 radical (unpaired) electrons. The molecular formula is C15H18N2O7. The first-order valence-electron chi connectivity index (χ1n) is 7.05. The van der Waals surface area contributed by atoms with Gasteiger partial charge in [-0.3, -0.25) is 19.7 Å². The molecule has 0 aromatic heterocycles. The normalized spacial score (nSPS) is 11.2. The van der Waals surface area contributed by atoms with Gasteiger partial charge in [-0.15, -0.1) is 0 Å². The van der Waals surface area contributed by atoms with Gasteiger partial charge < -0.3 is 14.8 Å². The molecule has 1 atom stereocenters. The van der Waals surface area contributed by atoms with Gasteiger partial charge in [0, 0.05) is 24.5 Å². The van der Waals surface area contributed by atoms with Gasteiger partial charge in [-0.25, -0.2) is 4.79 Å². The molecule has 1 aromatic rings. The van der Waals surface area contributed by atoms with E-state index in [0.717, 1.165) is 7.11 Å². The van der Waals surface area contributed by atoms with Gasteiger partial charge in [-0.05, 0) is 0 Å². The molecule has 9 nitrogen and oxygen atoms in total. The Bertz CT molecular complexity index is 630. The Morgan fingerprint density at radius 2 is 1.83 bits per heavy atom. The van der Waals surface area contributed by atoms with Crippen molar-refractivity contribution in [1.29, 1.82) is 0 Å². The highest BCUT2D eigenvalue weighted by molar-refractivity contribution is 5.86. The van der Waals surface area contributed by atoms with Gasteiger partial charge in [0.25, 0.3) is 5.69 Å². The molecule has 24 heavy (non-hydrogen) atoms. The number of benzene rings is 1. The van der Waals surface area contributed by atoms with Crippen LogP contribution in [0.25, 0.3) is 0 Å². The van der Waals surface area contributed by atoms with E-state index in [9.17, 15) is 24.5 Å². The summed E-state index contributed by atoms with van der Waals surface area (Å²) in [6.07, 6.45) is -0.410. The molecule has 130 valence electrons. The number of para-hydroxylation sites is 1. The van der Waals surface area contributed by atoms with Crippen molar-refractivity contribution in [2.24, 2.45) is 0 Å². The number of carbonyl (C=O) groups is 3. The predicted molar refractivity (Wildman–Crippen MR) is 82.0 cm³/mol. The molecule has 0 fully saturated rings. The second-order valence-electron chi connectivity index (χ2n) is 4.81. The number of ether oxygens (including phenoxy) is 2. The maximum absolute atomic E-state index is 11.8. The fraction of sp³-hybridized carbons (Fsp3) is 0.400. The fourth-order valence-corrected chi connectivity index (χ4v) is 2.00. The van der Waals surface area contributed by atoms with E-state index in [2.05, 4.69) is 14.8 Å². The molecule has 0 unspecified atom stereocenters. The molecular weight excluding hydrogens is 320 g/mol. The van der Waals surface area contributed by atoms with Gasteiger partial charge in [0.05, 0.1) is 25.6 Å². The Morgan fingerprint density at radius 3 is 2.42 bits per heavy atom. The van der Waals surface area contributed by atoms with Crippen LogP contribution in [0.2, 0.25) is 0 Å². The Labute approximate surface area is 138 Å². The molecule has 0 heterocycles. The predicted octanol–water partition coefficient (Wildman–Crippen LogP) is 0.748. The molecule has 0 aliphatic heterocycles. The zero-order valence-electron chi connectivity index (χ0n) is 13.3.